The quantitative estimate of drug-likeness (QED) is 0.832. The summed E-state index contributed by atoms with van der Waals surface area (Å²) in [6, 6.07) is 1.28. The van der Waals surface area contributed by atoms with Gasteiger partial charge in [-0.25, -0.2) is 9.59 Å². The maximum absolute atomic E-state index is 11.6. The Morgan fingerprint density at radius 1 is 1.53 bits per heavy atom. The summed E-state index contributed by atoms with van der Waals surface area (Å²) in [6.45, 7) is 3.86. The maximum Gasteiger partial charge on any atom is 0.350 e. The van der Waals surface area contributed by atoms with Crippen LogP contribution in [0, 0.1) is 6.07 Å². The third-order valence-corrected chi connectivity index (χ3v) is 3.06. The molecule has 1 saturated heterocycles. The highest BCUT2D eigenvalue weighted by molar-refractivity contribution is 5.94. The van der Waals surface area contributed by atoms with E-state index in [1.165, 1.54) is 12.4 Å². The van der Waals surface area contributed by atoms with Crippen LogP contribution in [0.4, 0.5) is 9.59 Å². The van der Waals surface area contributed by atoms with Gasteiger partial charge in [-0.15, -0.1) is 0 Å². The van der Waals surface area contributed by atoms with E-state index in [4.69, 9.17) is 4.74 Å². The minimum atomic E-state index is -0.619. The molecular formula is C12H17N4O3. The summed E-state index contributed by atoms with van der Waals surface area (Å²) < 4.78 is 6.65. The van der Waals surface area contributed by atoms with Gasteiger partial charge in [0.1, 0.15) is 0 Å². The van der Waals surface area contributed by atoms with Gasteiger partial charge in [-0.05, 0) is 26.7 Å². The van der Waals surface area contributed by atoms with Crippen LogP contribution < -0.4 is 10.6 Å². The van der Waals surface area contributed by atoms with Crippen LogP contribution in [0.5, 0.6) is 0 Å². The summed E-state index contributed by atoms with van der Waals surface area (Å²) in [4.78, 5) is 23.2. The lowest BCUT2D eigenvalue weighted by Crippen LogP contribution is -2.48. The maximum atomic E-state index is 11.6. The molecule has 1 aliphatic heterocycles. The normalized spacial score (nSPS) is 23.9. The van der Waals surface area contributed by atoms with E-state index in [1.54, 1.807) is 0 Å². The molecule has 2 heterocycles. The number of aromatic nitrogens is 2. The number of hydrogen-bond acceptors (Lipinski definition) is 4. The molecule has 2 N–H and O–H groups in total. The molecule has 1 aromatic heterocycles. The summed E-state index contributed by atoms with van der Waals surface area (Å²) in [7, 11) is 0. The molecule has 0 saturated carbocycles. The van der Waals surface area contributed by atoms with Crippen molar-refractivity contribution in [2.24, 2.45) is 0 Å². The van der Waals surface area contributed by atoms with Crippen LogP contribution in [0.25, 0.3) is 0 Å². The van der Waals surface area contributed by atoms with Crippen LogP contribution in [0.15, 0.2) is 12.4 Å². The minimum absolute atomic E-state index is 0.00566. The highest BCUT2D eigenvalue weighted by atomic mass is 16.5. The van der Waals surface area contributed by atoms with Gasteiger partial charge in [0.05, 0.1) is 24.4 Å². The molecule has 103 valence electrons. The number of imide groups is 1. The number of nitrogens with zero attached hydrogens (tertiary/aromatic N) is 2. The molecular weight excluding hydrogens is 248 g/mol. The topological polar surface area (TPSA) is 85.3 Å². The monoisotopic (exact) mass is 265 g/mol. The fourth-order valence-corrected chi connectivity index (χ4v) is 2.04. The zero-order valence-corrected chi connectivity index (χ0v) is 10.9. The van der Waals surface area contributed by atoms with Crippen LogP contribution in [-0.4, -0.2) is 40.1 Å². The first kappa shape index (κ1) is 13.5. The average Bonchev–Trinajstić information content (AvgIpc) is 2.98. The molecule has 1 aromatic rings. The Labute approximate surface area is 111 Å². The second kappa shape index (κ2) is 5.83. The second-order valence-corrected chi connectivity index (χ2v) is 4.64. The number of nitrogens with one attached hydrogen (secondary N) is 2. The summed E-state index contributed by atoms with van der Waals surface area (Å²) in [5.74, 6) is 0. The highest BCUT2D eigenvalue weighted by Crippen LogP contribution is 2.21. The number of carbonyl (C=O) groups excluding carboxylic acids is 2. The van der Waals surface area contributed by atoms with E-state index >= 15 is 0 Å². The Balaban J connectivity index is 1.79. The Hall–Kier alpha value is -1.89. The highest BCUT2D eigenvalue weighted by Gasteiger charge is 2.28. The van der Waals surface area contributed by atoms with Crippen molar-refractivity contribution in [1.29, 1.82) is 0 Å². The molecule has 1 aliphatic rings. The molecule has 7 nitrogen and oxygen atoms in total. The standard InChI is InChI=1S/C12H17N4O3/c1-8-4-5-10(19-8)9(2)14-11(17)15-12(18)16-7-3-6-13-16/h6-10H,4-5H2,1-2H3,(H2,14,15,17,18). The van der Waals surface area contributed by atoms with Crippen molar-refractivity contribution in [3.05, 3.63) is 18.5 Å². The summed E-state index contributed by atoms with van der Waals surface area (Å²) in [6.07, 6.45) is 4.79. The predicted molar refractivity (Wildman–Crippen MR) is 66.6 cm³/mol. The lowest BCUT2D eigenvalue weighted by Gasteiger charge is -2.20. The second-order valence-electron chi connectivity index (χ2n) is 4.64. The summed E-state index contributed by atoms with van der Waals surface area (Å²) in [5, 5.41) is 8.55. The fraction of sp³-hybridized carbons (Fsp3) is 0.583. The van der Waals surface area contributed by atoms with Crippen molar-refractivity contribution in [3.8, 4) is 0 Å². The van der Waals surface area contributed by atoms with Gasteiger partial charge in [-0.2, -0.15) is 9.78 Å². The lowest BCUT2D eigenvalue weighted by molar-refractivity contribution is 0.0381. The zero-order valence-electron chi connectivity index (χ0n) is 10.9. The van der Waals surface area contributed by atoms with E-state index in [-0.39, 0.29) is 18.2 Å². The molecule has 7 heteroatoms. The van der Waals surface area contributed by atoms with E-state index in [1.807, 2.05) is 13.8 Å². The van der Waals surface area contributed by atoms with Crippen molar-refractivity contribution >= 4 is 12.1 Å². The van der Waals surface area contributed by atoms with E-state index in [9.17, 15) is 9.59 Å². The number of ether oxygens (including phenoxy) is 1. The molecule has 0 spiro atoms. The van der Waals surface area contributed by atoms with Crippen LogP contribution >= 0.6 is 0 Å². The number of amides is 3. The van der Waals surface area contributed by atoms with Gasteiger partial charge in [0.15, 0.2) is 0 Å². The number of carbonyl (C=O) groups is 2. The molecule has 0 aromatic carbocycles. The molecule has 3 amide bonds. The van der Waals surface area contributed by atoms with Crippen molar-refractivity contribution in [2.75, 3.05) is 0 Å². The molecule has 1 fully saturated rings. The van der Waals surface area contributed by atoms with Crippen LogP contribution in [0.3, 0.4) is 0 Å². The van der Waals surface area contributed by atoms with Gasteiger partial charge in [0, 0.05) is 12.3 Å². The molecule has 0 aliphatic carbocycles. The largest absolute Gasteiger partial charge is 0.373 e. The van der Waals surface area contributed by atoms with E-state index in [0.29, 0.717) is 0 Å². The molecule has 3 atom stereocenters. The number of rotatable bonds is 2. The number of urea groups is 1. The minimum Gasteiger partial charge on any atom is -0.373 e. The van der Waals surface area contributed by atoms with Gasteiger partial charge in [-0.1, -0.05) is 0 Å². The first-order valence-corrected chi connectivity index (χ1v) is 6.24. The predicted octanol–water partition coefficient (Wildman–Crippen LogP) is 0.907. The zero-order chi connectivity index (χ0) is 13.8. The van der Waals surface area contributed by atoms with Gasteiger partial charge in [0.25, 0.3) is 0 Å². The van der Waals surface area contributed by atoms with Crippen LogP contribution in [0.1, 0.15) is 26.7 Å². The van der Waals surface area contributed by atoms with Gasteiger partial charge in [-0.3, -0.25) is 5.32 Å². The van der Waals surface area contributed by atoms with Crippen molar-refractivity contribution in [1.82, 2.24) is 20.4 Å². The molecule has 19 heavy (non-hydrogen) atoms. The lowest BCUT2D eigenvalue weighted by atomic mass is 10.1. The van der Waals surface area contributed by atoms with Crippen LogP contribution in [0.2, 0.25) is 0 Å². The average molecular weight is 265 g/mol. The van der Waals surface area contributed by atoms with Crippen molar-refractivity contribution in [3.63, 3.8) is 0 Å². The smallest absolute Gasteiger partial charge is 0.350 e. The van der Waals surface area contributed by atoms with Gasteiger partial charge < -0.3 is 10.1 Å². The molecule has 3 unspecified atom stereocenters. The Bertz CT molecular complexity index is 446. The molecule has 0 bridgehead atoms. The first-order valence-electron chi connectivity index (χ1n) is 6.24. The SMILES string of the molecule is CC1CCC(C(C)NC(=O)NC(=O)n2c[c]cn2)O1. The fourth-order valence-electron chi connectivity index (χ4n) is 2.04. The third-order valence-electron chi connectivity index (χ3n) is 3.06. The van der Waals surface area contributed by atoms with E-state index < -0.39 is 12.1 Å². The Morgan fingerprint density at radius 3 is 2.89 bits per heavy atom. The van der Waals surface area contributed by atoms with E-state index in [0.717, 1.165) is 17.5 Å². The van der Waals surface area contributed by atoms with Gasteiger partial charge in [0.2, 0.25) is 0 Å². The Morgan fingerprint density at radius 2 is 2.32 bits per heavy atom. The summed E-state index contributed by atoms with van der Waals surface area (Å²) in [5.41, 5.74) is 0. The van der Waals surface area contributed by atoms with E-state index in [2.05, 4.69) is 21.8 Å². The van der Waals surface area contributed by atoms with Gasteiger partial charge >= 0.3 is 12.1 Å². The summed E-state index contributed by atoms with van der Waals surface area (Å²) >= 11 is 0. The number of hydrogen-bond donors (Lipinski definition) is 2. The van der Waals surface area contributed by atoms with Crippen LogP contribution in [-0.2, 0) is 4.74 Å². The molecule has 2 rings (SSSR count). The third kappa shape index (κ3) is 3.54. The Kier molecular flexibility index (Phi) is 4.16. The first-order chi connectivity index (χ1) is 9.06. The van der Waals surface area contributed by atoms with Crippen molar-refractivity contribution < 1.29 is 14.3 Å². The molecule has 1 radical (unpaired) electrons. The van der Waals surface area contributed by atoms with Crippen molar-refractivity contribution in [2.45, 2.75) is 44.9 Å².